The monoisotopic (exact) mass is 409 g/mol. The lowest BCUT2D eigenvalue weighted by Crippen LogP contribution is -2.39. The molecule has 1 aliphatic rings. The number of carbonyl (C=O) groups excluding carboxylic acids is 1. The summed E-state index contributed by atoms with van der Waals surface area (Å²) in [5.74, 6) is -0.891. The van der Waals surface area contributed by atoms with Crippen LogP contribution in [0.1, 0.15) is 41.6 Å². The van der Waals surface area contributed by atoms with E-state index in [4.69, 9.17) is 4.74 Å². The van der Waals surface area contributed by atoms with Gasteiger partial charge < -0.3 is 14.7 Å². The van der Waals surface area contributed by atoms with Gasteiger partial charge in [0.15, 0.2) is 0 Å². The van der Waals surface area contributed by atoms with E-state index < -0.39 is 11.6 Å². The van der Waals surface area contributed by atoms with Crippen molar-refractivity contribution in [2.45, 2.75) is 39.3 Å². The first-order chi connectivity index (χ1) is 9.19. The highest BCUT2D eigenvalue weighted by Crippen LogP contribution is 2.34. The maximum Gasteiger partial charge on any atom is 0.410 e. The van der Waals surface area contributed by atoms with E-state index in [2.05, 4.69) is 0 Å². The SMILES string of the molecule is CC(C)(C)OC(=O)N1CCc2c(sc(I)c2C(=O)O)C1. The van der Waals surface area contributed by atoms with Crippen molar-refractivity contribution in [3.05, 3.63) is 18.9 Å². The molecule has 1 amide bonds. The Bertz CT molecular complexity index is 561. The molecule has 2 rings (SSSR count). The molecule has 7 heteroatoms. The van der Waals surface area contributed by atoms with Crippen molar-refractivity contribution < 1.29 is 19.4 Å². The number of carbonyl (C=O) groups is 2. The topological polar surface area (TPSA) is 66.8 Å². The van der Waals surface area contributed by atoms with Crippen LogP contribution in [0.25, 0.3) is 0 Å². The molecule has 5 nitrogen and oxygen atoms in total. The third kappa shape index (κ3) is 3.25. The average molecular weight is 409 g/mol. The summed E-state index contributed by atoms with van der Waals surface area (Å²) in [6.45, 7) is 6.41. The molecule has 1 aromatic heterocycles. The summed E-state index contributed by atoms with van der Waals surface area (Å²) in [6, 6.07) is 0. The zero-order valence-electron chi connectivity index (χ0n) is 11.5. The third-order valence-electron chi connectivity index (χ3n) is 2.88. The van der Waals surface area contributed by atoms with E-state index in [9.17, 15) is 14.7 Å². The van der Waals surface area contributed by atoms with Gasteiger partial charge in [-0.1, -0.05) is 0 Å². The molecule has 20 heavy (non-hydrogen) atoms. The first-order valence-corrected chi connectivity index (χ1v) is 8.10. The Kier molecular flexibility index (Phi) is 4.29. The lowest BCUT2D eigenvalue weighted by atomic mass is 10.0. The second-order valence-corrected chi connectivity index (χ2v) is 8.53. The van der Waals surface area contributed by atoms with Crippen molar-refractivity contribution in [3.8, 4) is 0 Å². The van der Waals surface area contributed by atoms with Crippen LogP contribution in [-0.2, 0) is 17.7 Å². The molecule has 0 aromatic carbocycles. The molecule has 110 valence electrons. The molecule has 0 radical (unpaired) electrons. The van der Waals surface area contributed by atoms with Gasteiger partial charge in [0.1, 0.15) is 5.60 Å². The minimum absolute atomic E-state index is 0.344. The molecule has 0 unspecified atom stereocenters. The molecule has 1 aliphatic heterocycles. The number of nitrogens with zero attached hydrogens (tertiary/aromatic N) is 1. The van der Waals surface area contributed by atoms with Crippen molar-refractivity contribution in [2.24, 2.45) is 0 Å². The third-order valence-corrected chi connectivity index (χ3v) is 5.08. The van der Waals surface area contributed by atoms with E-state index in [0.717, 1.165) is 13.3 Å². The van der Waals surface area contributed by atoms with Crippen LogP contribution < -0.4 is 0 Å². The highest BCUT2D eigenvalue weighted by atomic mass is 127. The quantitative estimate of drug-likeness (QED) is 0.723. The van der Waals surface area contributed by atoms with Crippen LogP contribution in [0.5, 0.6) is 0 Å². The summed E-state index contributed by atoms with van der Waals surface area (Å²) >= 11 is 3.49. The first-order valence-electron chi connectivity index (χ1n) is 6.20. The van der Waals surface area contributed by atoms with Crippen LogP contribution in [0, 0.1) is 2.88 Å². The molecule has 0 saturated carbocycles. The summed E-state index contributed by atoms with van der Waals surface area (Å²) in [4.78, 5) is 25.9. The average Bonchev–Trinajstić information content (AvgIpc) is 2.61. The number of halogens is 1. The van der Waals surface area contributed by atoms with Crippen LogP contribution in [0.4, 0.5) is 4.79 Å². The van der Waals surface area contributed by atoms with Crippen LogP contribution >= 0.6 is 33.9 Å². The second kappa shape index (κ2) is 5.51. The van der Waals surface area contributed by atoms with Crippen LogP contribution in [0.2, 0.25) is 0 Å². The lowest BCUT2D eigenvalue weighted by Gasteiger charge is -2.30. The molecule has 2 heterocycles. The molecule has 1 N–H and O–H groups in total. The molecule has 1 aromatic rings. The van der Waals surface area contributed by atoms with E-state index in [1.165, 1.54) is 11.3 Å². The predicted octanol–water partition coefficient (Wildman–Crippen LogP) is 3.34. The van der Waals surface area contributed by atoms with Crippen molar-refractivity contribution in [2.75, 3.05) is 6.54 Å². The molecule has 0 fully saturated rings. The fourth-order valence-corrected chi connectivity index (χ4v) is 4.50. The Labute approximate surface area is 135 Å². The number of carboxylic acids is 1. The van der Waals surface area contributed by atoms with E-state index in [0.29, 0.717) is 25.1 Å². The summed E-state index contributed by atoms with van der Waals surface area (Å²) in [5.41, 5.74) is 0.745. The van der Waals surface area contributed by atoms with Crippen LogP contribution in [0.15, 0.2) is 0 Å². The van der Waals surface area contributed by atoms with Crippen molar-refractivity contribution >= 4 is 46.0 Å². The molecular formula is C13H16INO4S. The number of aromatic carboxylic acids is 1. The number of fused-ring (bicyclic) bond motifs is 1. The van der Waals surface area contributed by atoms with Gasteiger partial charge in [-0.2, -0.15) is 0 Å². The summed E-state index contributed by atoms with van der Waals surface area (Å²) in [7, 11) is 0. The van der Waals surface area contributed by atoms with Gasteiger partial charge in [0.2, 0.25) is 0 Å². The fourth-order valence-electron chi connectivity index (χ4n) is 2.07. The van der Waals surface area contributed by atoms with Crippen LogP contribution in [0.3, 0.4) is 0 Å². The van der Waals surface area contributed by atoms with E-state index in [-0.39, 0.29) is 6.09 Å². The normalized spacial score (nSPS) is 14.9. The summed E-state index contributed by atoms with van der Waals surface area (Å²) in [5, 5.41) is 9.24. The highest BCUT2D eigenvalue weighted by Gasteiger charge is 2.30. The highest BCUT2D eigenvalue weighted by molar-refractivity contribution is 14.1. The van der Waals surface area contributed by atoms with Crippen molar-refractivity contribution in [1.29, 1.82) is 0 Å². The number of rotatable bonds is 1. The lowest BCUT2D eigenvalue weighted by molar-refractivity contribution is 0.0226. The second-order valence-electron chi connectivity index (χ2n) is 5.61. The largest absolute Gasteiger partial charge is 0.478 e. The Morgan fingerprint density at radius 2 is 2.05 bits per heavy atom. The first kappa shape index (κ1) is 15.6. The van der Waals surface area contributed by atoms with Gasteiger partial charge in [0, 0.05) is 11.4 Å². The fraction of sp³-hybridized carbons (Fsp3) is 0.538. The summed E-state index contributed by atoms with van der Waals surface area (Å²) < 4.78 is 6.12. The number of thiophene rings is 1. The van der Waals surface area contributed by atoms with Crippen molar-refractivity contribution in [3.63, 3.8) is 0 Å². The van der Waals surface area contributed by atoms with Gasteiger partial charge in [-0.25, -0.2) is 9.59 Å². The number of amides is 1. The minimum Gasteiger partial charge on any atom is -0.478 e. The van der Waals surface area contributed by atoms with E-state index in [1.807, 2.05) is 43.4 Å². The molecular weight excluding hydrogens is 393 g/mol. The van der Waals surface area contributed by atoms with Gasteiger partial charge in [0.05, 0.1) is 15.0 Å². The minimum atomic E-state index is -0.891. The van der Waals surface area contributed by atoms with Gasteiger partial charge in [-0.3, -0.25) is 0 Å². The zero-order valence-corrected chi connectivity index (χ0v) is 14.5. The number of ether oxygens (including phenoxy) is 1. The molecule has 0 aliphatic carbocycles. The maximum absolute atomic E-state index is 12.0. The van der Waals surface area contributed by atoms with Crippen molar-refractivity contribution in [1.82, 2.24) is 4.90 Å². The van der Waals surface area contributed by atoms with E-state index in [1.54, 1.807) is 4.90 Å². The number of hydrogen-bond donors (Lipinski definition) is 1. The molecule has 0 atom stereocenters. The molecule has 0 spiro atoms. The predicted molar refractivity (Wildman–Crippen MR) is 84.3 cm³/mol. The molecule has 0 bridgehead atoms. The molecule has 0 saturated heterocycles. The van der Waals surface area contributed by atoms with Gasteiger partial charge in [0.25, 0.3) is 0 Å². The Balaban J connectivity index is 2.18. The van der Waals surface area contributed by atoms with Crippen LogP contribution in [-0.4, -0.2) is 34.2 Å². The standard InChI is InChI=1S/C13H16INO4S/c1-13(2,3)19-12(18)15-5-4-7-8(6-15)20-10(14)9(7)11(16)17/h4-6H2,1-3H3,(H,16,17). The Hall–Kier alpha value is -0.830. The van der Waals surface area contributed by atoms with Gasteiger partial charge >= 0.3 is 12.1 Å². The van der Waals surface area contributed by atoms with Gasteiger partial charge in [-0.15, -0.1) is 11.3 Å². The van der Waals surface area contributed by atoms with E-state index >= 15 is 0 Å². The Morgan fingerprint density at radius 3 is 2.60 bits per heavy atom. The maximum atomic E-state index is 12.0. The van der Waals surface area contributed by atoms with Gasteiger partial charge in [-0.05, 0) is 55.3 Å². The number of hydrogen-bond acceptors (Lipinski definition) is 4. The zero-order chi connectivity index (χ0) is 15.1. The summed E-state index contributed by atoms with van der Waals surface area (Å²) in [6.07, 6.45) is 0.221. The smallest absolute Gasteiger partial charge is 0.410 e. The Morgan fingerprint density at radius 1 is 1.40 bits per heavy atom. The number of carboxylic acid groups (broad SMARTS) is 1.